The number of ketones is 1. The van der Waals surface area contributed by atoms with E-state index in [0.29, 0.717) is 5.56 Å². The Balaban J connectivity index is 1.47. The van der Waals surface area contributed by atoms with Crippen LogP contribution in [0.5, 0.6) is 0 Å². The van der Waals surface area contributed by atoms with Crippen molar-refractivity contribution in [1.29, 1.82) is 0 Å². The Morgan fingerprint density at radius 1 is 1.12 bits per heavy atom. The second kappa shape index (κ2) is 9.35. The van der Waals surface area contributed by atoms with Crippen LogP contribution in [0.3, 0.4) is 0 Å². The van der Waals surface area contributed by atoms with Gasteiger partial charge in [0.1, 0.15) is 0 Å². The summed E-state index contributed by atoms with van der Waals surface area (Å²) in [4.78, 5) is 17.6. The van der Waals surface area contributed by atoms with E-state index in [9.17, 15) is 9.90 Å². The third-order valence-electron chi connectivity index (χ3n) is 6.85. The number of aliphatic hydroxyl groups is 1. The normalized spacial score (nSPS) is 20.9. The number of carbonyl (C=O) groups is 1. The number of aryl methyl sites for hydroxylation is 1. The molecule has 4 rings (SSSR count). The van der Waals surface area contributed by atoms with Crippen LogP contribution in [-0.2, 0) is 16.6 Å². The predicted molar refractivity (Wildman–Crippen MR) is 123 cm³/mol. The van der Waals surface area contributed by atoms with E-state index in [1.54, 1.807) is 24.2 Å². The van der Waals surface area contributed by atoms with E-state index >= 15 is 0 Å². The molecule has 0 unspecified atom stereocenters. The van der Waals surface area contributed by atoms with Crippen molar-refractivity contribution in [3.63, 3.8) is 0 Å². The molecule has 1 aliphatic rings. The number of carbonyl (C=O) groups excluding carboxylic acids is 1. The van der Waals surface area contributed by atoms with Gasteiger partial charge in [0.05, 0.1) is 35.9 Å². The number of nitrogens with zero attached hydrogens (tertiary/aromatic N) is 3. The number of rotatable bonds is 7. The van der Waals surface area contributed by atoms with Crippen molar-refractivity contribution in [3.05, 3.63) is 76.9 Å². The second-order valence-electron chi connectivity index (χ2n) is 8.92. The Kier molecular flexibility index (Phi) is 6.53. The van der Waals surface area contributed by atoms with Crippen LogP contribution in [0.1, 0.15) is 58.6 Å². The molecule has 1 fully saturated rings. The van der Waals surface area contributed by atoms with Gasteiger partial charge in [0.15, 0.2) is 5.78 Å². The standard InChI is InChI=1S/C26H31N3O3/c1-18-4-7-21(8-5-18)29-19(2)23(16-28-29)24(31)14-20-6-9-25(27-15-20)26(17-30)12-10-22(32-3)11-13-26/h4-9,15-16,22,30H,10-14,17H2,1-3H3. The van der Waals surface area contributed by atoms with Crippen molar-refractivity contribution in [2.45, 2.75) is 57.5 Å². The van der Waals surface area contributed by atoms with Gasteiger partial charge in [0, 0.05) is 30.8 Å². The highest BCUT2D eigenvalue weighted by molar-refractivity contribution is 5.98. The third kappa shape index (κ3) is 4.38. The Labute approximate surface area is 189 Å². The number of pyridine rings is 1. The first kappa shape index (κ1) is 22.4. The van der Waals surface area contributed by atoms with Gasteiger partial charge in [-0.15, -0.1) is 0 Å². The number of hydrogen-bond acceptors (Lipinski definition) is 5. The molecule has 6 heteroatoms. The molecule has 2 aromatic heterocycles. The molecule has 3 aromatic rings. The summed E-state index contributed by atoms with van der Waals surface area (Å²) < 4.78 is 7.27. The second-order valence-corrected chi connectivity index (χ2v) is 8.92. The summed E-state index contributed by atoms with van der Waals surface area (Å²) >= 11 is 0. The van der Waals surface area contributed by atoms with E-state index < -0.39 is 0 Å². The zero-order valence-corrected chi connectivity index (χ0v) is 19.0. The number of ether oxygens (including phenoxy) is 1. The zero-order chi connectivity index (χ0) is 22.7. The molecule has 1 aliphatic carbocycles. The van der Waals surface area contributed by atoms with Crippen molar-refractivity contribution in [2.75, 3.05) is 13.7 Å². The molecule has 1 N–H and O–H groups in total. The monoisotopic (exact) mass is 433 g/mol. The number of methoxy groups -OCH3 is 1. The van der Waals surface area contributed by atoms with Gasteiger partial charge in [-0.1, -0.05) is 23.8 Å². The fraction of sp³-hybridized carbons (Fsp3) is 0.423. The Morgan fingerprint density at radius 2 is 1.84 bits per heavy atom. The van der Waals surface area contributed by atoms with Crippen molar-refractivity contribution in [3.8, 4) is 5.69 Å². The smallest absolute Gasteiger partial charge is 0.170 e. The van der Waals surface area contributed by atoms with Gasteiger partial charge in [-0.05, 0) is 63.3 Å². The fourth-order valence-electron chi connectivity index (χ4n) is 4.63. The topological polar surface area (TPSA) is 77.2 Å². The molecule has 1 aromatic carbocycles. The SMILES string of the molecule is COC1CCC(CO)(c2ccc(CC(=O)c3cnn(-c4ccc(C)cc4)c3C)cn2)CC1. The van der Waals surface area contributed by atoms with Crippen LogP contribution in [0.15, 0.2) is 48.8 Å². The molecule has 0 amide bonds. The number of Topliss-reactive ketones (excluding diaryl/α,β-unsaturated/α-hetero) is 1. The summed E-state index contributed by atoms with van der Waals surface area (Å²) in [5, 5.41) is 14.5. The summed E-state index contributed by atoms with van der Waals surface area (Å²) in [6, 6.07) is 12.0. The van der Waals surface area contributed by atoms with Crippen molar-refractivity contribution >= 4 is 5.78 Å². The number of hydrogen-bond donors (Lipinski definition) is 1. The van der Waals surface area contributed by atoms with E-state index in [1.165, 1.54) is 5.56 Å². The zero-order valence-electron chi connectivity index (χ0n) is 19.0. The summed E-state index contributed by atoms with van der Waals surface area (Å²) in [5.41, 5.74) is 5.02. The lowest BCUT2D eigenvalue weighted by Gasteiger charge is -2.38. The first-order chi connectivity index (χ1) is 15.5. The van der Waals surface area contributed by atoms with E-state index in [4.69, 9.17) is 4.74 Å². The molecule has 0 saturated heterocycles. The minimum atomic E-state index is -0.316. The van der Waals surface area contributed by atoms with Crippen molar-refractivity contribution in [1.82, 2.24) is 14.8 Å². The molecular formula is C26H31N3O3. The minimum Gasteiger partial charge on any atom is -0.395 e. The Hall–Kier alpha value is -2.83. The summed E-state index contributed by atoms with van der Waals surface area (Å²) in [5.74, 6) is 0.0212. The quantitative estimate of drug-likeness (QED) is 0.567. The van der Waals surface area contributed by atoms with Gasteiger partial charge in [-0.3, -0.25) is 9.78 Å². The molecular weight excluding hydrogens is 402 g/mol. The molecule has 0 aliphatic heterocycles. The third-order valence-corrected chi connectivity index (χ3v) is 6.85. The highest BCUT2D eigenvalue weighted by atomic mass is 16.5. The van der Waals surface area contributed by atoms with E-state index in [-0.39, 0.29) is 30.3 Å². The van der Waals surface area contributed by atoms with Crippen molar-refractivity contribution < 1.29 is 14.6 Å². The summed E-state index contributed by atoms with van der Waals surface area (Å²) in [7, 11) is 1.74. The highest BCUT2D eigenvalue weighted by Gasteiger charge is 2.37. The maximum Gasteiger partial charge on any atom is 0.170 e. The van der Waals surface area contributed by atoms with Gasteiger partial charge in [0.2, 0.25) is 0 Å². The molecule has 0 radical (unpaired) electrons. The number of aliphatic hydroxyl groups excluding tert-OH is 1. The summed E-state index contributed by atoms with van der Waals surface area (Å²) in [6.07, 6.45) is 7.49. The lowest BCUT2D eigenvalue weighted by atomic mass is 9.71. The Morgan fingerprint density at radius 3 is 2.44 bits per heavy atom. The summed E-state index contributed by atoms with van der Waals surface area (Å²) in [6.45, 7) is 4.04. The van der Waals surface area contributed by atoms with Crippen LogP contribution in [-0.4, -0.2) is 45.5 Å². The lowest BCUT2D eigenvalue weighted by molar-refractivity contribution is 0.0317. The molecule has 0 spiro atoms. The minimum absolute atomic E-state index is 0.0212. The molecule has 32 heavy (non-hydrogen) atoms. The molecule has 6 nitrogen and oxygen atoms in total. The molecule has 168 valence electrons. The van der Waals surface area contributed by atoms with Crippen LogP contribution in [0.25, 0.3) is 5.69 Å². The first-order valence-electron chi connectivity index (χ1n) is 11.2. The highest BCUT2D eigenvalue weighted by Crippen LogP contribution is 2.39. The lowest BCUT2D eigenvalue weighted by Crippen LogP contribution is -2.38. The fourth-order valence-corrected chi connectivity index (χ4v) is 4.63. The van der Waals surface area contributed by atoms with Gasteiger partial charge in [-0.2, -0.15) is 5.10 Å². The molecule has 0 bridgehead atoms. The average molecular weight is 434 g/mol. The predicted octanol–water partition coefficient (Wildman–Crippen LogP) is 4.13. The van der Waals surface area contributed by atoms with Gasteiger partial charge in [0.25, 0.3) is 0 Å². The number of benzene rings is 1. The van der Waals surface area contributed by atoms with Crippen molar-refractivity contribution in [2.24, 2.45) is 0 Å². The van der Waals surface area contributed by atoms with Crippen LogP contribution >= 0.6 is 0 Å². The van der Waals surface area contributed by atoms with E-state index in [1.807, 2.05) is 50.2 Å². The Bertz CT molecular complexity index is 1060. The van der Waals surface area contributed by atoms with Crippen LogP contribution < -0.4 is 0 Å². The molecule has 2 heterocycles. The van der Waals surface area contributed by atoms with Crippen LogP contribution in [0.2, 0.25) is 0 Å². The van der Waals surface area contributed by atoms with Gasteiger partial charge < -0.3 is 9.84 Å². The molecule has 0 atom stereocenters. The molecule has 1 saturated carbocycles. The first-order valence-corrected chi connectivity index (χ1v) is 11.2. The van der Waals surface area contributed by atoms with Crippen LogP contribution in [0.4, 0.5) is 0 Å². The van der Waals surface area contributed by atoms with E-state index in [2.05, 4.69) is 10.1 Å². The van der Waals surface area contributed by atoms with E-state index in [0.717, 1.165) is 48.3 Å². The van der Waals surface area contributed by atoms with Gasteiger partial charge >= 0.3 is 0 Å². The van der Waals surface area contributed by atoms with Gasteiger partial charge in [-0.25, -0.2) is 4.68 Å². The number of aromatic nitrogens is 3. The largest absolute Gasteiger partial charge is 0.395 e. The average Bonchev–Trinajstić information content (AvgIpc) is 3.21. The van der Waals surface area contributed by atoms with Crippen LogP contribution in [0, 0.1) is 13.8 Å². The maximum absolute atomic E-state index is 13.0. The maximum atomic E-state index is 13.0.